The van der Waals surface area contributed by atoms with Gasteiger partial charge < -0.3 is 10.1 Å². The van der Waals surface area contributed by atoms with Crippen molar-refractivity contribution in [3.05, 3.63) is 52.3 Å². The van der Waals surface area contributed by atoms with E-state index < -0.39 is 28.3 Å². The summed E-state index contributed by atoms with van der Waals surface area (Å²) in [7, 11) is -2.90. The van der Waals surface area contributed by atoms with Crippen LogP contribution in [0.1, 0.15) is 6.92 Å². The predicted octanol–water partition coefficient (Wildman–Crippen LogP) is 3.79. The average molecular weight is 435 g/mol. The summed E-state index contributed by atoms with van der Waals surface area (Å²) in [5, 5.41) is 2.91. The van der Waals surface area contributed by atoms with Crippen molar-refractivity contribution in [2.24, 2.45) is 0 Å². The maximum Gasteiger partial charge on any atom is 0.247 e. The minimum Gasteiger partial charge on any atom is -0.495 e. The number of likely N-dealkylation sites (N-methyl/N-ethyl adjacent to an activating group) is 1. The Morgan fingerprint density at radius 3 is 2.59 bits per heavy atom. The number of sulfonamides is 1. The Kier molecular flexibility index (Phi) is 7.05. The molecule has 0 atom stereocenters. The molecule has 0 aromatic heterocycles. The number of benzene rings is 2. The van der Waals surface area contributed by atoms with Crippen LogP contribution >= 0.6 is 23.2 Å². The highest BCUT2D eigenvalue weighted by Crippen LogP contribution is 2.30. The van der Waals surface area contributed by atoms with Crippen LogP contribution in [0.25, 0.3) is 0 Å². The summed E-state index contributed by atoms with van der Waals surface area (Å²) in [6.45, 7) is 1.04. The summed E-state index contributed by atoms with van der Waals surface area (Å²) in [5.74, 6) is -1.38. The molecule has 0 unspecified atom stereocenters. The van der Waals surface area contributed by atoms with Crippen LogP contribution in [0.5, 0.6) is 5.75 Å². The van der Waals surface area contributed by atoms with Gasteiger partial charge in [-0.25, -0.2) is 12.8 Å². The van der Waals surface area contributed by atoms with E-state index in [4.69, 9.17) is 27.9 Å². The van der Waals surface area contributed by atoms with Crippen LogP contribution in [0.2, 0.25) is 10.0 Å². The fourth-order valence-corrected chi connectivity index (χ4v) is 4.23. The standard InChI is InChI=1S/C17H17Cl2FN2O4S/c1-3-22(10-16(23)21-13-6-4-5-12(18)17(13)19)27(24,25)15-9-11(20)7-8-14(15)26-2/h4-9H,3,10H2,1-2H3,(H,21,23). The fourth-order valence-electron chi connectivity index (χ4n) is 2.31. The summed E-state index contributed by atoms with van der Waals surface area (Å²) in [6, 6.07) is 7.83. The first-order valence-electron chi connectivity index (χ1n) is 7.78. The van der Waals surface area contributed by atoms with E-state index in [0.717, 1.165) is 16.4 Å². The zero-order chi connectivity index (χ0) is 20.2. The third-order valence-electron chi connectivity index (χ3n) is 3.64. The van der Waals surface area contributed by atoms with E-state index in [0.29, 0.717) is 0 Å². The maximum atomic E-state index is 13.6. The van der Waals surface area contributed by atoms with Crippen molar-refractivity contribution in [3.63, 3.8) is 0 Å². The highest BCUT2D eigenvalue weighted by atomic mass is 35.5. The van der Waals surface area contributed by atoms with E-state index in [2.05, 4.69) is 5.32 Å². The molecule has 0 aliphatic heterocycles. The van der Waals surface area contributed by atoms with Crippen LogP contribution < -0.4 is 10.1 Å². The van der Waals surface area contributed by atoms with Gasteiger partial charge in [0, 0.05) is 6.54 Å². The molecule has 2 aromatic rings. The predicted molar refractivity (Wildman–Crippen MR) is 102 cm³/mol. The number of nitrogens with zero attached hydrogens (tertiary/aromatic N) is 1. The van der Waals surface area contributed by atoms with Crippen molar-refractivity contribution in [1.29, 1.82) is 0 Å². The van der Waals surface area contributed by atoms with E-state index in [1.807, 2.05) is 0 Å². The molecular weight excluding hydrogens is 418 g/mol. The van der Waals surface area contributed by atoms with Crippen molar-refractivity contribution >= 4 is 44.8 Å². The van der Waals surface area contributed by atoms with Gasteiger partial charge in [-0.15, -0.1) is 0 Å². The number of hydrogen-bond acceptors (Lipinski definition) is 4. The van der Waals surface area contributed by atoms with E-state index in [-0.39, 0.29) is 32.9 Å². The number of methoxy groups -OCH3 is 1. The highest BCUT2D eigenvalue weighted by Gasteiger charge is 2.29. The van der Waals surface area contributed by atoms with Crippen molar-refractivity contribution in [3.8, 4) is 5.75 Å². The second-order valence-corrected chi connectivity index (χ2v) is 8.07. The molecule has 1 N–H and O–H groups in total. The lowest BCUT2D eigenvalue weighted by atomic mass is 10.3. The molecule has 2 rings (SSSR count). The Balaban J connectivity index is 2.27. The average Bonchev–Trinajstić information content (AvgIpc) is 2.63. The van der Waals surface area contributed by atoms with Crippen molar-refractivity contribution in [2.75, 3.05) is 25.5 Å². The van der Waals surface area contributed by atoms with Crippen LogP contribution in [0, 0.1) is 5.82 Å². The van der Waals surface area contributed by atoms with Gasteiger partial charge in [0.2, 0.25) is 15.9 Å². The molecule has 27 heavy (non-hydrogen) atoms. The summed E-state index contributed by atoms with van der Waals surface area (Å²) in [5.41, 5.74) is 0.256. The first-order chi connectivity index (χ1) is 12.7. The number of anilines is 1. The Morgan fingerprint density at radius 2 is 1.96 bits per heavy atom. The van der Waals surface area contributed by atoms with E-state index in [9.17, 15) is 17.6 Å². The van der Waals surface area contributed by atoms with Gasteiger partial charge in [0.05, 0.1) is 29.4 Å². The fraction of sp³-hybridized carbons (Fsp3) is 0.235. The molecule has 0 saturated heterocycles. The lowest BCUT2D eigenvalue weighted by Crippen LogP contribution is -2.38. The third-order valence-corrected chi connectivity index (χ3v) is 6.40. The van der Waals surface area contributed by atoms with Gasteiger partial charge >= 0.3 is 0 Å². The van der Waals surface area contributed by atoms with Gasteiger partial charge in [0.1, 0.15) is 16.5 Å². The molecular formula is C17H17Cl2FN2O4S. The summed E-state index contributed by atoms with van der Waals surface area (Å²) < 4.78 is 45.2. The Labute approximate surface area is 166 Å². The first-order valence-corrected chi connectivity index (χ1v) is 9.97. The van der Waals surface area contributed by atoms with Gasteiger partial charge in [-0.1, -0.05) is 36.2 Å². The number of carbonyl (C=O) groups excluding carboxylic acids is 1. The number of ether oxygens (including phenoxy) is 1. The molecule has 0 aliphatic rings. The Morgan fingerprint density at radius 1 is 1.26 bits per heavy atom. The van der Waals surface area contributed by atoms with Gasteiger partial charge in [0.15, 0.2) is 0 Å². The van der Waals surface area contributed by atoms with Crippen LogP contribution in [0.4, 0.5) is 10.1 Å². The molecule has 0 radical (unpaired) electrons. The van der Waals surface area contributed by atoms with E-state index in [1.165, 1.54) is 19.2 Å². The number of amides is 1. The second kappa shape index (κ2) is 8.88. The molecule has 0 saturated carbocycles. The normalized spacial score (nSPS) is 11.5. The zero-order valence-electron chi connectivity index (χ0n) is 14.5. The lowest BCUT2D eigenvalue weighted by Gasteiger charge is -2.21. The van der Waals surface area contributed by atoms with Gasteiger partial charge in [0.25, 0.3) is 0 Å². The van der Waals surface area contributed by atoms with Crippen LogP contribution in [-0.4, -0.2) is 38.8 Å². The summed E-state index contributed by atoms with van der Waals surface area (Å²) in [4.78, 5) is 12.0. The summed E-state index contributed by atoms with van der Waals surface area (Å²) >= 11 is 11.9. The molecule has 146 valence electrons. The lowest BCUT2D eigenvalue weighted by molar-refractivity contribution is -0.116. The zero-order valence-corrected chi connectivity index (χ0v) is 16.8. The molecule has 10 heteroatoms. The van der Waals surface area contributed by atoms with Crippen LogP contribution in [-0.2, 0) is 14.8 Å². The Bertz CT molecular complexity index is 954. The first kappa shape index (κ1) is 21.4. The van der Waals surface area contributed by atoms with Crippen LogP contribution in [0.15, 0.2) is 41.3 Å². The van der Waals surface area contributed by atoms with Gasteiger partial charge in [-0.05, 0) is 30.3 Å². The molecule has 0 aliphatic carbocycles. The molecule has 0 bridgehead atoms. The third kappa shape index (κ3) is 4.90. The summed E-state index contributed by atoms with van der Waals surface area (Å²) in [6.07, 6.45) is 0. The number of nitrogens with one attached hydrogen (secondary N) is 1. The van der Waals surface area contributed by atoms with Crippen molar-refractivity contribution < 1.29 is 22.3 Å². The van der Waals surface area contributed by atoms with Crippen molar-refractivity contribution in [1.82, 2.24) is 4.31 Å². The number of rotatable bonds is 7. The molecule has 6 nitrogen and oxygen atoms in total. The van der Waals surface area contributed by atoms with Gasteiger partial charge in [-0.2, -0.15) is 4.31 Å². The number of halogens is 3. The second-order valence-electron chi connectivity index (χ2n) is 5.38. The quantitative estimate of drug-likeness (QED) is 0.718. The van der Waals surface area contributed by atoms with Gasteiger partial charge in [-0.3, -0.25) is 4.79 Å². The van der Waals surface area contributed by atoms with Crippen LogP contribution in [0.3, 0.4) is 0 Å². The minimum atomic E-state index is -4.17. The molecule has 0 fully saturated rings. The van der Waals surface area contributed by atoms with Crippen molar-refractivity contribution in [2.45, 2.75) is 11.8 Å². The minimum absolute atomic E-state index is 0.0152. The molecule has 0 spiro atoms. The van der Waals surface area contributed by atoms with E-state index in [1.54, 1.807) is 19.1 Å². The monoisotopic (exact) mass is 434 g/mol. The smallest absolute Gasteiger partial charge is 0.247 e. The highest BCUT2D eigenvalue weighted by molar-refractivity contribution is 7.89. The molecule has 0 heterocycles. The largest absolute Gasteiger partial charge is 0.495 e. The maximum absolute atomic E-state index is 13.6. The molecule has 1 amide bonds. The van der Waals surface area contributed by atoms with E-state index >= 15 is 0 Å². The number of hydrogen-bond donors (Lipinski definition) is 1. The Hall–Kier alpha value is -1.87. The molecule has 2 aromatic carbocycles. The SMILES string of the molecule is CCN(CC(=O)Nc1cccc(Cl)c1Cl)S(=O)(=O)c1cc(F)ccc1OC. The topological polar surface area (TPSA) is 75.7 Å². The number of carbonyl (C=O) groups is 1.